The van der Waals surface area contributed by atoms with Crippen molar-refractivity contribution in [1.82, 2.24) is 9.80 Å². The molecule has 0 aliphatic carbocycles. The number of carbonyl (C=O) groups excluding carboxylic acids is 1. The maximum atomic E-state index is 12.4. The number of halogens is 2. The Morgan fingerprint density at radius 1 is 1.04 bits per heavy atom. The maximum Gasteiger partial charge on any atom is 0.260 e. The Balaban J connectivity index is 1.45. The van der Waals surface area contributed by atoms with Gasteiger partial charge in [-0.05, 0) is 42.3 Å². The number of aryl methyl sites for hydroxylation is 1. The van der Waals surface area contributed by atoms with Gasteiger partial charge in [0.05, 0.1) is 5.02 Å². The largest absolute Gasteiger partial charge is 0.482 e. The van der Waals surface area contributed by atoms with E-state index in [-0.39, 0.29) is 12.5 Å². The lowest BCUT2D eigenvalue weighted by Gasteiger charge is -2.34. The molecule has 26 heavy (non-hydrogen) atoms. The van der Waals surface area contributed by atoms with Crippen LogP contribution in [0.1, 0.15) is 11.1 Å². The minimum absolute atomic E-state index is 0.00668. The molecule has 1 aliphatic rings. The van der Waals surface area contributed by atoms with E-state index in [4.69, 9.17) is 27.9 Å². The Bertz CT molecular complexity index is 757. The zero-order valence-electron chi connectivity index (χ0n) is 14.8. The average molecular weight is 393 g/mol. The fraction of sp³-hybridized carbons (Fsp3) is 0.350. The summed E-state index contributed by atoms with van der Waals surface area (Å²) in [5, 5.41) is 1.28. The van der Waals surface area contributed by atoms with Gasteiger partial charge in [-0.25, -0.2) is 0 Å². The van der Waals surface area contributed by atoms with Crippen LogP contribution in [0.5, 0.6) is 5.75 Å². The summed E-state index contributed by atoms with van der Waals surface area (Å²) in [6.07, 6.45) is 0. The third-order valence-corrected chi connectivity index (χ3v) is 5.03. The van der Waals surface area contributed by atoms with E-state index in [2.05, 4.69) is 4.90 Å². The number of hydrogen-bond acceptors (Lipinski definition) is 3. The predicted octanol–water partition coefficient (Wildman–Crippen LogP) is 4.03. The topological polar surface area (TPSA) is 32.8 Å². The summed E-state index contributed by atoms with van der Waals surface area (Å²) in [5.74, 6) is 0.541. The van der Waals surface area contributed by atoms with Crippen LogP contribution in [0.4, 0.5) is 0 Å². The summed E-state index contributed by atoms with van der Waals surface area (Å²) in [6, 6.07) is 13.4. The molecule has 3 rings (SSSR count). The smallest absolute Gasteiger partial charge is 0.260 e. The molecule has 1 fully saturated rings. The first-order chi connectivity index (χ1) is 12.5. The van der Waals surface area contributed by atoms with Crippen LogP contribution in [0.2, 0.25) is 10.0 Å². The highest BCUT2D eigenvalue weighted by atomic mass is 35.5. The molecule has 0 bridgehead atoms. The van der Waals surface area contributed by atoms with Crippen LogP contribution in [0.25, 0.3) is 0 Å². The van der Waals surface area contributed by atoms with Gasteiger partial charge in [0.15, 0.2) is 6.61 Å². The fourth-order valence-corrected chi connectivity index (χ4v) is 3.37. The van der Waals surface area contributed by atoms with Crippen LogP contribution < -0.4 is 4.74 Å². The van der Waals surface area contributed by atoms with Gasteiger partial charge in [0.25, 0.3) is 5.91 Å². The lowest BCUT2D eigenvalue weighted by atomic mass is 10.2. The summed E-state index contributed by atoms with van der Waals surface area (Å²) in [6.45, 7) is 5.95. The number of carbonyl (C=O) groups is 1. The van der Waals surface area contributed by atoms with Gasteiger partial charge >= 0.3 is 0 Å². The number of amides is 1. The average Bonchev–Trinajstić information content (AvgIpc) is 2.63. The lowest BCUT2D eigenvalue weighted by Crippen LogP contribution is -2.49. The molecule has 1 saturated heterocycles. The van der Waals surface area contributed by atoms with Crippen molar-refractivity contribution in [2.45, 2.75) is 13.5 Å². The molecule has 4 nitrogen and oxygen atoms in total. The van der Waals surface area contributed by atoms with Gasteiger partial charge < -0.3 is 9.64 Å². The van der Waals surface area contributed by atoms with Crippen molar-refractivity contribution in [1.29, 1.82) is 0 Å². The van der Waals surface area contributed by atoms with E-state index in [9.17, 15) is 4.79 Å². The third-order valence-electron chi connectivity index (χ3n) is 4.48. The van der Waals surface area contributed by atoms with Gasteiger partial charge in [-0.2, -0.15) is 0 Å². The highest BCUT2D eigenvalue weighted by molar-refractivity contribution is 6.32. The highest BCUT2D eigenvalue weighted by Gasteiger charge is 2.21. The number of rotatable bonds is 5. The van der Waals surface area contributed by atoms with E-state index >= 15 is 0 Å². The van der Waals surface area contributed by atoms with Crippen molar-refractivity contribution in [2.75, 3.05) is 32.8 Å². The second-order valence-electron chi connectivity index (χ2n) is 6.51. The van der Waals surface area contributed by atoms with Crippen molar-refractivity contribution in [3.05, 3.63) is 63.6 Å². The van der Waals surface area contributed by atoms with Gasteiger partial charge in [0.1, 0.15) is 5.75 Å². The lowest BCUT2D eigenvalue weighted by molar-refractivity contribution is -0.135. The molecule has 138 valence electrons. The molecule has 0 atom stereocenters. The molecule has 0 saturated carbocycles. The first kappa shape index (κ1) is 19.0. The van der Waals surface area contributed by atoms with Crippen molar-refractivity contribution >= 4 is 29.1 Å². The summed E-state index contributed by atoms with van der Waals surface area (Å²) in [4.78, 5) is 16.6. The Morgan fingerprint density at radius 2 is 1.73 bits per heavy atom. The number of hydrogen-bond donors (Lipinski definition) is 0. The fourth-order valence-electron chi connectivity index (χ4n) is 2.96. The van der Waals surface area contributed by atoms with E-state index in [1.54, 1.807) is 6.07 Å². The predicted molar refractivity (Wildman–Crippen MR) is 105 cm³/mol. The van der Waals surface area contributed by atoms with Crippen LogP contribution in [0.3, 0.4) is 0 Å². The molecule has 6 heteroatoms. The van der Waals surface area contributed by atoms with Crippen molar-refractivity contribution in [2.24, 2.45) is 0 Å². The molecular formula is C20H22Cl2N2O2. The summed E-state index contributed by atoms with van der Waals surface area (Å²) in [7, 11) is 0. The second-order valence-corrected chi connectivity index (χ2v) is 7.35. The Kier molecular flexibility index (Phi) is 6.41. The molecular weight excluding hydrogens is 371 g/mol. The molecule has 0 radical (unpaired) electrons. The zero-order valence-corrected chi connectivity index (χ0v) is 16.3. The molecule has 0 aromatic heterocycles. The SMILES string of the molecule is Cc1ccc(OCC(=O)N2CCN(Cc3ccc(Cl)cc3)CC2)c(Cl)c1. The van der Waals surface area contributed by atoms with E-state index < -0.39 is 0 Å². The number of benzene rings is 2. The summed E-state index contributed by atoms with van der Waals surface area (Å²) < 4.78 is 5.59. The Morgan fingerprint density at radius 3 is 2.38 bits per heavy atom. The second kappa shape index (κ2) is 8.76. The van der Waals surface area contributed by atoms with Crippen molar-refractivity contribution < 1.29 is 9.53 Å². The normalized spacial score (nSPS) is 15.1. The minimum Gasteiger partial charge on any atom is -0.482 e. The zero-order chi connectivity index (χ0) is 18.5. The molecule has 2 aromatic carbocycles. The Hall–Kier alpha value is -1.75. The van der Waals surface area contributed by atoms with Crippen LogP contribution >= 0.6 is 23.2 Å². The van der Waals surface area contributed by atoms with Crippen LogP contribution in [-0.4, -0.2) is 48.5 Å². The van der Waals surface area contributed by atoms with Crippen LogP contribution in [0, 0.1) is 6.92 Å². The first-order valence-corrected chi connectivity index (χ1v) is 9.40. The van der Waals surface area contributed by atoms with Crippen LogP contribution in [0.15, 0.2) is 42.5 Å². The van der Waals surface area contributed by atoms with Gasteiger partial charge in [-0.15, -0.1) is 0 Å². The monoisotopic (exact) mass is 392 g/mol. The van der Waals surface area contributed by atoms with Gasteiger partial charge in [-0.3, -0.25) is 9.69 Å². The number of nitrogens with zero attached hydrogens (tertiary/aromatic N) is 2. The molecule has 0 unspecified atom stereocenters. The van der Waals surface area contributed by atoms with Crippen molar-refractivity contribution in [3.63, 3.8) is 0 Å². The molecule has 0 spiro atoms. The van der Waals surface area contributed by atoms with E-state index in [1.807, 2.05) is 48.2 Å². The molecule has 0 N–H and O–H groups in total. The number of piperazine rings is 1. The first-order valence-electron chi connectivity index (χ1n) is 8.65. The van der Waals surface area contributed by atoms with E-state index in [0.717, 1.165) is 30.2 Å². The standard InChI is InChI=1S/C20H22Cl2N2O2/c1-15-2-7-19(18(22)12-15)26-14-20(25)24-10-8-23(9-11-24)13-16-3-5-17(21)6-4-16/h2-7,12H,8-11,13-14H2,1H3. The van der Waals surface area contributed by atoms with Crippen LogP contribution in [-0.2, 0) is 11.3 Å². The Labute approximate surface area is 164 Å². The minimum atomic E-state index is -0.00668. The van der Waals surface area contributed by atoms with E-state index in [1.165, 1.54) is 5.56 Å². The summed E-state index contributed by atoms with van der Waals surface area (Å²) in [5.41, 5.74) is 2.29. The number of ether oxygens (including phenoxy) is 1. The molecule has 2 aromatic rings. The molecule has 1 amide bonds. The molecule has 1 aliphatic heterocycles. The van der Waals surface area contributed by atoms with Gasteiger partial charge in [0, 0.05) is 37.7 Å². The highest BCUT2D eigenvalue weighted by Crippen LogP contribution is 2.25. The van der Waals surface area contributed by atoms with Crippen molar-refractivity contribution in [3.8, 4) is 5.75 Å². The summed E-state index contributed by atoms with van der Waals surface area (Å²) >= 11 is 12.1. The van der Waals surface area contributed by atoms with E-state index in [0.29, 0.717) is 23.9 Å². The van der Waals surface area contributed by atoms with Gasteiger partial charge in [0.2, 0.25) is 0 Å². The maximum absolute atomic E-state index is 12.4. The van der Waals surface area contributed by atoms with Gasteiger partial charge in [-0.1, -0.05) is 41.4 Å². The quantitative estimate of drug-likeness (QED) is 0.769. The third kappa shape index (κ3) is 5.13. The molecule has 1 heterocycles.